The molecule has 1 rings (SSSR count). The molecule has 0 radical (unpaired) electrons. The van der Waals surface area contributed by atoms with Crippen LogP contribution in [0.3, 0.4) is 0 Å². The number of imide groups is 1. The summed E-state index contributed by atoms with van der Waals surface area (Å²) in [4.78, 5) is 32.5. The molecule has 0 saturated carbocycles. The van der Waals surface area contributed by atoms with Crippen LogP contribution < -0.4 is 0 Å². The Balaban J connectivity index is 2.92. The lowest BCUT2D eigenvalue weighted by molar-refractivity contribution is -0.154. The maximum atomic E-state index is 11.1. The van der Waals surface area contributed by atoms with Crippen LogP contribution in [0.1, 0.15) is 12.8 Å². The summed E-state index contributed by atoms with van der Waals surface area (Å²) in [5.74, 6) is -2.32. The third-order valence-corrected chi connectivity index (χ3v) is 1.98. The second-order valence-electron chi connectivity index (χ2n) is 2.99. The number of aliphatic carboxylic acids is 1. The summed E-state index contributed by atoms with van der Waals surface area (Å²) >= 11 is 0. The first kappa shape index (κ1) is 10.5. The maximum absolute atomic E-state index is 11.1. The number of hydrogen-bond acceptors (Lipinski definition) is 4. The largest absolute Gasteiger partial charge is 0.480 e. The van der Waals surface area contributed by atoms with Gasteiger partial charge in [-0.3, -0.25) is 4.79 Å². The van der Waals surface area contributed by atoms with Crippen LogP contribution in [0, 0.1) is 0 Å². The molecule has 7 nitrogen and oxygen atoms in total. The lowest BCUT2D eigenvalue weighted by Crippen LogP contribution is -2.54. The first-order valence-corrected chi connectivity index (χ1v) is 3.89. The highest BCUT2D eigenvalue weighted by Crippen LogP contribution is 2.19. The predicted octanol–water partition coefficient (Wildman–Crippen LogP) is -0.899. The number of carboxylic acid groups (broad SMARTS) is 2. The van der Waals surface area contributed by atoms with E-state index in [1.54, 1.807) is 0 Å². The molecule has 1 heterocycles. The molecule has 2 amide bonds. The van der Waals surface area contributed by atoms with E-state index in [1.165, 1.54) is 0 Å². The molecule has 14 heavy (non-hydrogen) atoms. The Kier molecular flexibility index (Phi) is 2.70. The van der Waals surface area contributed by atoms with Gasteiger partial charge in [0.1, 0.15) is 6.04 Å². The summed E-state index contributed by atoms with van der Waals surface area (Å²) in [6.45, 7) is 0. The Bertz CT molecular complexity index is 288. The van der Waals surface area contributed by atoms with Gasteiger partial charge in [0.15, 0.2) is 0 Å². The van der Waals surface area contributed by atoms with Crippen molar-refractivity contribution in [2.75, 3.05) is 0 Å². The molecule has 2 unspecified atom stereocenters. The lowest BCUT2D eigenvalue weighted by atomic mass is 9.99. The zero-order valence-corrected chi connectivity index (χ0v) is 7.08. The van der Waals surface area contributed by atoms with Gasteiger partial charge in [-0.15, -0.1) is 0 Å². The van der Waals surface area contributed by atoms with Crippen molar-refractivity contribution in [3.05, 3.63) is 0 Å². The molecule has 1 saturated heterocycles. The van der Waals surface area contributed by atoms with Crippen LogP contribution in [-0.2, 0) is 9.59 Å². The topological polar surface area (TPSA) is 115 Å². The Hall–Kier alpha value is -1.63. The van der Waals surface area contributed by atoms with Crippen LogP contribution in [-0.4, -0.2) is 50.3 Å². The molecule has 7 heteroatoms. The minimum absolute atomic E-state index is 0.245. The van der Waals surface area contributed by atoms with Crippen LogP contribution in [0.5, 0.6) is 0 Å². The van der Waals surface area contributed by atoms with Crippen molar-refractivity contribution >= 4 is 18.0 Å². The van der Waals surface area contributed by atoms with E-state index in [0.29, 0.717) is 0 Å². The first-order valence-electron chi connectivity index (χ1n) is 3.89. The minimum Gasteiger partial charge on any atom is -0.480 e. The number of carboxylic acids is 1. The van der Waals surface area contributed by atoms with Crippen LogP contribution >= 0.6 is 0 Å². The van der Waals surface area contributed by atoms with E-state index >= 15 is 0 Å². The van der Waals surface area contributed by atoms with Gasteiger partial charge in [-0.2, -0.15) is 0 Å². The van der Waals surface area contributed by atoms with Crippen molar-refractivity contribution in [1.82, 2.24) is 4.90 Å². The second-order valence-corrected chi connectivity index (χ2v) is 2.99. The molecule has 0 aromatic carbocycles. The van der Waals surface area contributed by atoms with Crippen LogP contribution in [0.2, 0.25) is 0 Å². The average Bonchev–Trinajstić information content (AvgIpc) is 2.01. The van der Waals surface area contributed by atoms with Crippen LogP contribution in [0.4, 0.5) is 4.79 Å². The van der Waals surface area contributed by atoms with E-state index < -0.39 is 30.1 Å². The van der Waals surface area contributed by atoms with Crippen LogP contribution in [0.15, 0.2) is 0 Å². The molecule has 0 aromatic rings. The SMILES string of the molecule is O=C(O)C1CC(O)CC(=O)N1C(=O)O. The Morgan fingerprint density at radius 1 is 1.36 bits per heavy atom. The van der Waals surface area contributed by atoms with E-state index in [4.69, 9.17) is 15.3 Å². The molecular formula is C7H9NO6. The zero-order valence-electron chi connectivity index (χ0n) is 7.08. The number of piperidine rings is 1. The van der Waals surface area contributed by atoms with Gasteiger partial charge in [-0.05, 0) is 0 Å². The number of hydrogen-bond donors (Lipinski definition) is 3. The standard InChI is InChI=1S/C7H9NO6/c9-3-1-4(6(11)12)8(7(13)14)5(10)2-3/h3-4,9H,1-2H2,(H,11,12)(H,13,14). The van der Waals surface area contributed by atoms with Gasteiger partial charge in [0, 0.05) is 6.42 Å². The fourth-order valence-electron chi connectivity index (χ4n) is 1.37. The second kappa shape index (κ2) is 3.62. The van der Waals surface area contributed by atoms with Crippen molar-refractivity contribution in [3.8, 4) is 0 Å². The van der Waals surface area contributed by atoms with Gasteiger partial charge in [0.25, 0.3) is 0 Å². The van der Waals surface area contributed by atoms with E-state index in [0.717, 1.165) is 0 Å². The quantitative estimate of drug-likeness (QED) is 0.508. The molecule has 0 spiro atoms. The smallest absolute Gasteiger partial charge is 0.414 e. The number of aliphatic hydroxyl groups is 1. The third-order valence-electron chi connectivity index (χ3n) is 1.98. The third kappa shape index (κ3) is 1.82. The predicted molar refractivity (Wildman–Crippen MR) is 41.5 cm³/mol. The number of rotatable bonds is 1. The molecule has 1 aliphatic rings. The molecular weight excluding hydrogens is 194 g/mol. The summed E-state index contributed by atoms with van der Waals surface area (Å²) in [7, 11) is 0. The van der Waals surface area contributed by atoms with Crippen molar-refractivity contribution in [3.63, 3.8) is 0 Å². The van der Waals surface area contributed by atoms with Gasteiger partial charge < -0.3 is 15.3 Å². The van der Waals surface area contributed by atoms with E-state index in [2.05, 4.69) is 0 Å². The normalized spacial score (nSPS) is 27.5. The summed E-state index contributed by atoms with van der Waals surface area (Å²) in [6, 6.07) is -1.48. The minimum atomic E-state index is -1.60. The summed E-state index contributed by atoms with van der Waals surface area (Å²) in [5.41, 5.74) is 0. The van der Waals surface area contributed by atoms with Crippen molar-refractivity contribution in [2.24, 2.45) is 0 Å². The number of amides is 2. The van der Waals surface area contributed by atoms with Crippen molar-refractivity contribution in [2.45, 2.75) is 25.0 Å². The molecule has 2 atom stereocenters. The number of nitrogens with zero attached hydrogens (tertiary/aromatic N) is 1. The zero-order chi connectivity index (χ0) is 10.9. The van der Waals surface area contributed by atoms with E-state index in [1.807, 2.05) is 0 Å². The summed E-state index contributed by atoms with van der Waals surface area (Å²) in [6.07, 6.45) is -3.29. The molecule has 0 bridgehead atoms. The highest BCUT2D eigenvalue weighted by atomic mass is 16.4. The maximum Gasteiger partial charge on any atom is 0.414 e. The number of carbonyl (C=O) groups is 3. The molecule has 0 aliphatic carbocycles. The average molecular weight is 203 g/mol. The number of carbonyl (C=O) groups excluding carboxylic acids is 1. The monoisotopic (exact) mass is 203 g/mol. The van der Waals surface area contributed by atoms with Crippen LogP contribution in [0.25, 0.3) is 0 Å². The van der Waals surface area contributed by atoms with Gasteiger partial charge >= 0.3 is 12.1 Å². The van der Waals surface area contributed by atoms with Gasteiger partial charge in [-0.25, -0.2) is 14.5 Å². The van der Waals surface area contributed by atoms with Crippen molar-refractivity contribution < 1.29 is 29.7 Å². The Morgan fingerprint density at radius 2 is 1.93 bits per heavy atom. The molecule has 78 valence electrons. The fraction of sp³-hybridized carbons (Fsp3) is 0.571. The highest BCUT2D eigenvalue weighted by Gasteiger charge is 2.41. The van der Waals surface area contributed by atoms with E-state index in [9.17, 15) is 14.4 Å². The number of aliphatic hydroxyl groups excluding tert-OH is 1. The molecule has 0 aromatic heterocycles. The summed E-state index contributed by atoms with van der Waals surface area (Å²) in [5, 5.41) is 26.3. The highest BCUT2D eigenvalue weighted by molar-refractivity contribution is 5.97. The first-order chi connectivity index (χ1) is 6.43. The molecule has 1 fully saturated rings. The van der Waals surface area contributed by atoms with Gasteiger partial charge in [-0.1, -0.05) is 0 Å². The van der Waals surface area contributed by atoms with E-state index in [-0.39, 0.29) is 17.7 Å². The Morgan fingerprint density at radius 3 is 2.36 bits per heavy atom. The number of likely N-dealkylation sites (tertiary alicyclic amines) is 1. The summed E-state index contributed by atoms with van der Waals surface area (Å²) < 4.78 is 0. The van der Waals surface area contributed by atoms with Gasteiger partial charge in [0.2, 0.25) is 5.91 Å². The molecule has 3 N–H and O–H groups in total. The van der Waals surface area contributed by atoms with Gasteiger partial charge in [0.05, 0.1) is 12.5 Å². The van der Waals surface area contributed by atoms with Crippen molar-refractivity contribution in [1.29, 1.82) is 0 Å². The fourth-order valence-corrected chi connectivity index (χ4v) is 1.37. The lowest BCUT2D eigenvalue weighted by Gasteiger charge is -2.31. The molecule has 1 aliphatic heterocycles. The Labute approximate surface area is 78.6 Å².